The van der Waals surface area contributed by atoms with Crippen molar-refractivity contribution < 1.29 is 17.6 Å². The smallest absolute Gasteiger partial charge is 0.256 e. The molecule has 0 saturated carbocycles. The Morgan fingerprint density at radius 3 is 2.71 bits per heavy atom. The molecule has 1 unspecified atom stereocenters. The van der Waals surface area contributed by atoms with Crippen molar-refractivity contribution in [1.82, 2.24) is 9.71 Å². The summed E-state index contributed by atoms with van der Waals surface area (Å²) in [5.41, 5.74) is 0.969. The maximum atomic E-state index is 12.5. The number of oxazole rings is 1. The Morgan fingerprint density at radius 2 is 2.12 bits per heavy atom. The lowest BCUT2D eigenvalue weighted by molar-refractivity contribution is -0.113. The second-order valence-corrected chi connectivity index (χ2v) is 8.74. The number of benzene rings is 1. The minimum absolute atomic E-state index is 0.00163. The minimum atomic E-state index is -3.90. The van der Waals surface area contributed by atoms with Crippen molar-refractivity contribution in [3.63, 3.8) is 0 Å². The molecular formula is C15H19ClN2O4S2. The van der Waals surface area contributed by atoms with Gasteiger partial charge in [-0.2, -0.15) is 4.72 Å². The number of nitrogens with zero attached hydrogens (tertiary/aromatic N) is 1. The van der Waals surface area contributed by atoms with Gasteiger partial charge in [-0.3, -0.25) is 4.79 Å². The Balaban J connectivity index is 2.31. The molecule has 0 fully saturated rings. The van der Waals surface area contributed by atoms with Crippen LogP contribution in [0.2, 0.25) is 0 Å². The first kappa shape index (κ1) is 19.2. The highest BCUT2D eigenvalue weighted by molar-refractivity contribution is 7.99. The monoisotopic (exact) mass is 390 g/mol. The molecule has 0 spiro atoms. The quantitative estimate of drug-likeness (QED) is 0.548. The molecule has 1 N–H and O–H groups in total. The summed E-state index contributed by atoms with van der Waals surface area (Å²) < 4.78 is 32.9. The third-order valence-corrected chi connectivity index (χ3v) is 5.98. The summed E-state index contributed by atoms with van der Waals surface area (Å²) >= 11 is 6.96. The molecule has 0 radical (unpaired) electrons. The van der Waals surface area contributed by atoms with Crippen LogP contribution in [0.15, 0.2) is 32.7 Å². The maximum Gasteiger partial charge on any atom is 0.256 e. The van der Waals surface area contributed by atoms with Crippen LogP contribution >= 0.6 is 23.4 Å². The van der Waals surface area contributed by atoms with Gasteiger partial charge in [0, 0.05) is 11.8 Å². The standard InChI is InChI=1S/C15H19ClN2O4S2/c1-4-7-23-15-17-11-6-5-10(8-12(11)22-15)24(20,21)18-13(9(2)3)14(16)19/h5-6,8-9,13,18H,4,7H2,1-3H3. The molecular weight excluding hydrogens is 372 g/mol. The predicted octanol–water partition coefficient (Wildman–Crippen LogP) is 3.40. The van der Waals surface area contributed by atoms with Crippen molar-refractivity contribution in [2.45, 2.75) is 43.4 Å². The van der Waals surface area contributed by atoms with Crippen molar-refractivity contribution >= 4 is 49.7 Å². The van der Waals surface area contributed by atoms with E-state index < -0.39 is 21.3 Å². The fraction of sp³-hybridized carbons (Fsp3) is 0.467. The highest BCUT2D eigenvalue weighted by atomic mass is 35.5. The molecule has 0 amide bonds. The number of thioether (sulfide) groups is 1. The van der Waals surface area contributed by atoms with Crippen LogP contribution in [0.3, 0.4) is 0 Å². The molecule has 0 saturated heterocycles. The van der Waals surface area contributed by atoms with Crippen molar-refractivity contribution in [3.8, 4) is 0 Å². The minimum Gasteiger partial charge on any atom is -0.431 e. The van der Waals surface area contributed by atoms with Gasteiger partial charge in [0.25, 0.3) is 5.22 Å². The van der Waals surface area contributed by atoms with E-state index in [-0.39, 0.29) is 10.8 Å². The molecule has 132 valence electrons. The van der Waals surface area contributed by atoms with E-state index in [0.29, 0.717) is 16.3 Å². The van der Waals surface area contributed by atoms with E-state index in [2.05, 4.69) is 16.6 Å². The zero-order valence-corrected chi connectivity index (χ0v) is 16.0. The summed E-state index contributed by atoms with van der Waals surface area (Å²) in [4.78, 5) is 15.7. The zero-order valence-electron chi connectivity index (χ0n) is 13.6. The Bertz CT molecular complexity index is 833. The molecule has 1 atom stereocenters. The number of aromatic nitrogens is 1. The van der Waals surface area contributed by atoms with Gasteiger partial charge in [0.1, 0.15) is 5.52 Å². The lowest BCUT2D eigenvalue weighted by Crippen LogP contribution is -2.42. The number of fused-ring (bicyclic) bond motifs is 1. The van der Waals surface area contributed by atoms with Gasteiger partial charge < -0.3 is 4.42 Å². The molecule has 9 heteroatoms. The summed E-state index contributed by atoms with van der Waals surface area (Å²) in [5.74, 6) is 0.601. The Labute approximate surface area is 150 Å². The first-order chi connectivity index (χ1) is 11.2. The van der Waals surface area contributed by atoms with Gasteiger partial charge >= 0.3 is 0 Å². The molecule has 0 aliphatic rings. The van der Waals surface area contributed by atoms with Crippen LogP contribution in [0, 0.1) is 5.92 Å². The molecule has 0 aliphatic heterocycles. The van der Waals surface area contributed by atoms with Gasteiger partial charge in [0.2, 0.25) is 15.3 Å². The van der Waals surface area contributed by atoms with Crippen LogP contribution in [-0.4, -0.2) is 30.4 Å². The largest absolute Gasteiger partial charge is 0.431 e. The average Bonchev–Trinajstić information content (AvgIpc) is 2.92. The number of halogens is 1. The van der Waals surface area contributed by atoms with Crippen molar-refractivity contribution in [3.05, 3.63) is 18.2 Å². The van der Waals surface area contributed by atoms with Crippen molar-refractivity contribution in [2.24, 2.45) is 5.92 Å². The molecule has 24 heavy (non-hydrogen) atoms. The summed E-state index contributed by atoms with van der Waals surface area (Å²) in [5, 5.41) is -0.238. The fourth-order valence-corrected chi connectivity index (χ4v) is 4.40. The summed E-state index contributed by atoms with van der Waals surface area (Å²) in [6, 6.07) is 3.42. The summed E-state index contributed by atoms with van der Waals surface area (Å²) in [6.45, 7) is 5.48. The summed E-state index contributed by atoms with van der Waals surface area (Å²) in [6.07, 6.45) is 0.982. The Morgan fingerprint density at radius 1 is 1.42 bits per heavy atom. The second-order valence-electron chi connectivity index (χ2n) is 5.60. The third-order valence-electron chi connectivity index (χ3n) is 3.27. The van der Waals surface area contributed by atoms with Gasteiger partial charge in [-0.15, -0.1) is 0 Å². The molecule has 1 aromatic carbocycles. The van der Waals surface area contributed by atoms with Gasteiger partial charge in [0.05, 0.1) is 10.9 Å². The number of carbonyl (C=O) groups is 1. The lowest BCUT2D eigenvalue weighted by atomic mass is 10.1. The van der Waals surface area contributed by atoms with Crippen LogP contribution in [0.1, 0.15) is 27.2 Å². The van der Waals surface area contributed by atoms with Gasteiger partial charge in [-0.05, 0) is 36.1 Å². The predicted molar refractivity (Wildman–Crippen MR) is 94.8 cm³/mol. The number of nitrogens with one attached hydrogen (secondary N) is 1. The van der Waals surface area contributed by atoms with E-state index in [1.54, 1.807) is 19.9 Å². The van der Waals surface area contributed by atoms with Crippen molar-refractivity contribution in [1.29, 1.82) is 0 Å². The van der Waals surface area contributed by atoms with Crippen LogP contribution < -0.4 is 4.72 Å². The number of hydrogen-bond donors (Lipinski definition) is 1. The normalized spacial score (nSPS) is 13.5. The number of sulfonamides is 1. The van der Waals surface area contributed by atoms with Gasteiger partial charge in [-0.25, -0.2) is 13.4 Å². The molecule has 1 heterocycles. The topological polar surface area (TPSA) is 89.3 Å². The van der Waals surface area contributed by atoms with Crippen LogP contribution in [0.25, 0.3) is 11.1 Å². The number of hydrogen-bond acceptors (Lipinski definition) is 6. The molecule has 0 bridgehead atoms. The molecule has 6 nitrogen and oxygen atoms in total. The first-order valence-electron chi connectivity index (χ1n) is 7.49. The number of rotatable bonds is 8. The molecule has 0 aliphatic carbocycles. The lowest BCUT2D eigenvalue weighted by Gasteiger charge is -2.18. The molecule has 1 aromatic heterocycles. The SMILES string of the molecule is CCCSc1nc2ccc(S(=O)(=O)NC(C(=O)Cl)C(C)C)cc2o1. The van der Waals surface area contributed by atoms with Gasteiger partial charge in [0.15, 0.2) is 5.58 Å². The Kier molecular flexibility index (Phi) is 6.30. The maximum absolute atomic E-state index is 12.5. The van der Waals surface area contributed by atoms with E-state index >= 15 is 0 Å². The van der Waals surface area contributed by atoms with Crippen LogP contribution in [-0.2, 0) is 14.8 Å². The third kappa shape index (κ3) is 4.50. The number of carbonyl (C=O) groups excluding carboxylic acids is 1. The van der Waals surface area contributed by atoms with E-state index in [1.807, 2.05) is 0 Å². The average molecular weight is 391 g/mol. The van der Waals surface area contributed by atoms with E-state index in [9.17, 15) is 13.2 Å². The van der Waals surface area contributed by atoms with Crippen LogP contribution in [0.4, 0.5) is 0 Å². The van der Waals surface area contributed by atoms with E-state index in [4.69, 9.17) is 16.0 Å². The van der Waals surface area contributed by atoms with Crippen LogP contribution in [0.5, 0.6) is 0 Å². The van der Waals surface area contributed by atoms with Gasteiger partial charge in [-0.1, -0.05) is 32.5 Å². The first-order valence-corrected chi connectivity index (χ1v) is 10.3. The zero-order chi connectivity index (χ0) is 17.9. The van der Waals surface area contributed by atoms with Crippen molar-refractivity contribution in [2.75, 3.05) is 5.75 Å². The summed E-state index contributed by atoms with van der Waals surface area (Å²) in [7, 11) is -3.90. The Hall–Kier alpha value is -1.09. The van der Waals surface area contributed by atoms with E-state index in [0.717, 1.165) is 12.2 Å². The highest BCUT2D eigenvalue weighted by Crippen LogP contribution is 2.26. The highest BCUT2D eigenvalue weighted by Gasteiger charge is 2.27. The fourth-order valence-electron chi connectivity index (χ4n) is 1.98. The molecule has 2 rings (SSSR count). The molecule has 2 aromatic rings. The second kappa shape index (κ2) is 7.86. The van der Waals surface area contributed by atoms with E-state index in [1.165, 1.54) is 23.9 Å².